The van der Waals surface area contributed by atoms with Crippen LogP contribution < -0.4 is 5.32 Å². The fourth-order valence-corrected chi connectivity index (χ4v) is 6.96. The molecule has 1 amide bonds. The third-order valence-corrected chi connectivity index (χ3v) is 8.22. The van der Waals surface area contributed by atoms with Crippen molar-refractivity contribution in [3.8, 4) is 0 Å². The van der Waals surface area contributed by atoms with Gasteiger partial charge in [0.1, 0.15) is 0 Å². The van der Waals surface area contributed by atoms with Gasteiger partial charge in [-0.2, -0.15) is 0 Å². The summed E-state index contributed by atoms with van der Waals surface area (Å²) >= 11 is 3.49. The summed E-state index contributed by atoms with van der Waals surface area (Å²) in [5.74, 6) is 2.78. The Labute approximate surface area is 176 Å². The molecule has 4 aliphatic carbocycles. The van der Waals surface area contributed by atoms with Gasteiger partial charge in [-0.25, -0.2) is 0 Å². The number of morpholine rings is 1. The van der Waals surface area contributed by atoms with Crippen molar-refractivity contribution in [1.82, 2.24) is 10.2 Å². The van der Waals surface area contributed by atoms with E-state index in [-0.39, 0.29) is 23.6 Å². The second-order valence-electron chi connectivity index (χ2n) is 9.77. The molecule has 0 aromatic heterocycles. The summed E-state index contributed by atoms with van der Waals surface area (Å²) in [6, 6.07) is 8.23. The Bertz CT molecular complexity index is 699. The molecule has 6 rings (SSSR count). The number of hydrogen-bond acceptors (Lipinski definition) is 3. The van der Waals surface area contributed by atoms with Crippen LogP contribution in [-0.4, -0.2) is 42.1 Å². The van der Waals surface area contributed by atoms with Crippen molar-refractivity contribution in [1.29, 1.82) is 0 Å². The molecule has 1 aliphatic heterocycles. The Morgan fingerprint density at radius 3 is 2.36 bits per heavy atom. The van der Waals surface area contributed by atoms with Crippen LogP contribution in [0.15, 0.2) is 28.7 Å². The molecule has 4 bridgehead atoms. The molecule has 1 saturated heterocycles. The summed E-state index contributed by atoms with van der Waals surface area (Å²) in [6.45, 7) is 4.34. The monoisotopic (exact) mass is 446 g/mol. The first-order valence-corrected chi connectivity index (χ1v) is 11.7. The van der Waals surface area contributed by atoms with E-state index >= 15 is 0 Å². The number of benzene rings is 1. The van der Waals surface area contributed by atoms with Gasteiger partial charge in [-0.15, -0.1) is 0 Å². The van der Waals surface area contributed by atoms with E-state index in [9.17, 15) is 4.79 Å². The normalized spacial score (nSPS) is 38.4. The predicted molar refractivity (Wildman–Crippen MR) is 113 cm³/mol. The smallest absolute Gasteiger partial charge is 0.237 e. The molecule has 5 heteroatoms. The molecule has 1 aromatic carbocycles. The van der Waals surface area contributed by atoms with Gasteiger partial charge in [0.05, 0.1) is 18.8 Å². The molecule has 2 atom stereocenters. The van der Waals surface area contributed by atoms with E-state index in [4.69, 9.17) is 4.74 Å². The van der Waals surface area contributed by atoms with Crippen LogP contribution in [-0.2, 0) is 9.53 Å². The van der Waals surface area contributed by atoms with Crippen molar-refractivity contribution in [2.45, 2.75) is 63.1 Å². The van der Waals surface area contributed by atoms with Crippen LogP contribution in [0.3, 0.4) is 0 Å². The summed E-state index contributed by atoms with van der Waals surface area (Å²) in [7, 11) is 0. The van der Waals surface area contributed by atoms with Gasteiger partial charge < -0.3 is 10.1 Å². The van der Waals surface area contributed by atoms with E-state index in [0.717, 1.165) is 35.3 Å². The Hall–Kier alpha value is -0.910. The molecule has 2 unspecified atom stereocenters. The molecule has 0 spiro atoms. The Morgan fingerprint density at radius 1 is 1.14 bits per heavy atom. The first kappa shape index (κ1) is 19.1. The highest BCUT2D eigenvalue weighted by Gasteiger charge is 2.51. The summed E-state index contributed by atoms with van der Waals surface area (Å²) in [6.07, 6.45) is 7.89. The summed E-state index contributed by atoms with van der Waals surface area (Å²) < 4.78 is 7.09. The second-order valence-corrected chi connectivity index (χ2v) is 10.7. The average molecular weight is 447 g/mol. The molecular formula is C23H31BrN2O2. The van der Waals surface area contributed by atoms with Crippen LogP contribution in [0.5, 0.6) is 0 Å². The lowest BCUT2D eigenvalue weighted by Crippen LogP contribution is -2.62. The summed E-state index contributed by atoms with van der Waals surface area (Å²) in [5.41, 5.74) is 1.28. The Balaban J connectivity index is 1.24. The van der Waals surface area contributed by atoms with E-state index in [1.807, 2.05) is 0 Å². The number of carbonyl (C=O) groups excluding carboxylic acids is 1. The van der Waals surface area contributed by atoms with E-state index < -0.39 is 0 Å². The first-order valence-electron chi connectivity index (χ1n) is 10.9. The molecule has 4 saturated carbocycles. The minimum atomic E-state index is -0.102. The maximum atomic E-state index is 13.2. The number of ether oxygens (including phenoxy) is 1. The number of halogens is 1. The van der Waals surface area contributed by atoms with Crippen molar-refractivity contribution in [3.05, 3.63) is 34.3 Å². The molecule has 5 fully saturated rings. The zero-order valence-electron chi connectivity index (χ0n) is 16.7. The standard InChI is InChI=1S/C23H31BrN2O2/c1-15(26-6-7-28-21(14-26)19-2-4-20(24)5-3-19)22(27)25-23-11-16-8-17(12-23)10-18(9-16)13-23/h2-5,15-18,21H,6-14H2,1H3,(H,25,27). The molecule has 28 heavy (non-hydrogen) atoms. The lowest BCUT2D eigenvalue weighted by atomic mass is 9.53. The van der Waals surface area contributed by atoms with Crippen LogP contribution in [0, 0.1) is 17.8 Å². The van der Waals surface area contributed by atoms with Gasteiger partial charge in [-0.3, -0.25) is 9.69 Å². The van der Waals surface area contributed by atoms with Gasteiger partial charge in [0.25, 0.3) is 0 Å². The molecule has 0 radical (unpaired) electrons. The van der Waals surface area contributed by atoms with E-state index in [1.165, 1.54) is 44.1 Å². The minimum Gasteiger partial charge on any atom is -0.371 e. The Morgan fingerprint density at radius 2 is 1.75 bits per heavy atom. The number of nitrogens with one attached hydrogen (secondary N) is 1. The highest BCUT2D eigenvalue weighted by molar-refractivity contribution is 9.10. The van der Waals surface area contributed by atoms with Gasteiger partial charge >= 0.3 is 0 Å². The molecule has 1 heterocycles. The SMILES string of the molecule is CC(C(=O)NC12CC3CC(CC(C3)C1)C2)N1CCOC(c2ccc(Br)cc2)C1. The minimum absolute atomic E-state index is 0.0386. The Kier molecular flexibility index (Phi) is 5.05. The number of hydrogen-bond donors (Lipinski definition) is 1. The second kappa shape index (κ2) is 7.41. The number of rotatable bonds is 4. The third-order valence-electron chi connectivity index (χ3n) is 7.69. The molecule has 4 nitrogen and oxygen atoms in total. The maximum absolute atomic E-state index is 13.2. The summed E-state index contributed by atoms with van der Waals surface area (Å²) in [5, 5.41) is 3.56. The van der Waals surface area contributed by atoms with Gasteiger partial charge in [0.15, 0.2) is 0 Å². The fraction of sp³-hybridized carbons (Fsp3) is 0.696. The van der Waals surface area contributed by atoms with Crippen LogP contribution in [0.1, 0.15) is 57.1 Å². The van der Waals surface area contributed by atoms with E-state index in [1.54, 1.807) is 0 Å². The maximum Gasteiger partial charge on any atom is 0.237 e. The topological polar surface area (TPSA) is 41.6 Å². The fourth-order valence-electron chi connectivity index (χ4n) is 6.70. The van der Waals surface area contributed by atoms with Gasteiger partial charge in [0, 0.05) is 23.1 Å². The average Bonchev–Trinajstić information content (AvgIpc) is 2.66. The molecule has 152 valence electrons. The van der Waals surface area contributed by atoms with Crippen LogP contribution in [0.4, 0.5) is 0 Å². The zero-order chi connectivity index (χ0) is 19.3. The highest BCUT2D eigenvalue weighted by Crippen LogP contribution is 2.55. The molecule has 1 aromatic rings. The van der Waals surface area contributed by atoms with Gasteiger partial charge in [-0.05, 0) is 80.9 Å². The number of amides is 1. The van der Waals surface area contributed by atoms with Crippen molar-refractivity contribution in [2.75, 3.05) is 19.7 Å². The van der Waals surface area contributed by atoms with Crippen molar-refractivity contribution < 1.29 is 9.53 Å². The van der Waals surface area contributed by atoms with Crippen molar-refractivity contribution in [3.63, 3.8) is 0 Å². The van der Waals surface area contributed by atoms with E-state index in [0.29, 0.717) is 6.61 Å². The number of nitrogens with zero attached hydrogens (tertiary/aromatic N) is 1. The van der Waals surface area contributed by atoms with Crippen LogP contribution in [0.25, 0.3) is 0 Å². The largest absolute Gasteiger partial charge is 0.371 e. The summed E-state index contributed by atoms with van der Waals surface area (Å²) in [4.78, 5) is 15.5. The van der Waals surface area contributed by atoms with Crippen molar-refractivity contribution in [2.24, 2.45) is 17.8 Å². The van der Waals surface area contributed by atoms with Gasteiger partial charge in [0.2, 0.25) is 5.91 Å². The molecule has 1 N–H and O–H groups in total. The predicted octanol–water partition coefficient (Wildman–Crippen LogP) is 4.30. The van der Waals surface area contributed by atoms with Crippen LogP contribution in [0.2, 0.25) is 0 Å². The first-order chi connectivity index (χ1) is 13.5. The molecule has 5 aliphatic rings. The number of carbonyl (C=O) groups is 1. The van der Waals surface area contributed by atoms with Gasteiger partial charge in [-0.1, -0.05) is 28.1 Å². The van der Waals surface area contributed by atoms with Crippen LogP contribution >= 0.6 is 15.9 Å². The lowest BCUT2D eigenvalue weighted by Gasteiger charge is -2.57. The third kappa shape index (κ3) is 3.66. The quantitative estimate of drug-likeness (QED) is 0.749. The highest BCUT2D eigenvalue weighted by atomic mass is 79.9. The van der Waals surface area contributed by atoms with E-state index in [2.05, 4.69) is 57.3 Å². The lowest BCUT2D eigenvalue weighted by molar-refractivity contribution is -0.135. The zero-order valence-corrected chi connectivity index (χ0v) is 18.3. The van der Waals surface area contributed by atoms with Crippen molar-refractivity contribution >= 4 is 21.8 Å². The molecular weight excluding hydrogens is 416 g/mol.